The van der Waals surface area contributed by atoms with E-state index in [0.29, 0.717) is 19.7 Å². The van der Waals surface area contributed by atoms with Crippen LogP contribution in [-0.4, -0.2) is 43.0 Å². The summed E-state index contributed by atoms with van der Waals surface area (Å²) in [7, 11) is 0. The zero-order chi connectivity index (χ0) is 18.1. The third kappa shape index (κ3) is 6.07. The number of carbonyl (C=O) groups is 2. The molecule has 1 aliphatic rings. The summed E-state index contributed by atoms with van der Waals surface area (Å²) in [6.45, 7) is 6.48. The molecule has 0 aliphatic carbocycles. The fourth-order valence-electron chi connectivity index (χ4n) is 3.01. The van der Waals surface area contributed by atoms with Crippen LogP contribution in [0.15, 0.2) is 30.3 Å². The molecule has 5 heteroatoms. The minimum atomic E-state index is -0.0863. The maximum Gasteiger partial charge on any atom is 0.225 e. The standard InChI is InChI=1S/C20H30N2O3/c1-3-16(2)20(24)22-13-7-9-17(15-22)19(23)21-12-8-14-25-18-10-5-4-6-11-18/h4-6,10-11,16-17H,3,7-9,12-15H2,1-2H3,(H,21,23). The van der Waals surface area contributed by atoms with Crippen molar-refractivity contribution in [3.63, 3.8) is 0 Å². The number of benzene rings is 1. The lowest BCUT2D eigenvalue weighted by molar-refractivity contribution is -0.138. The van der Waals surface area contributed by atoms with E-state index in [1.54, 1.807) is 0 Å². The molecular weight excluding hydrogens is 316 g/mol. The third-order valence-electron chi connectivity index (χ3n) is 4.77. The molecule has 2 unspecified atom stereocenters. The van der Waals surface area contributed by atoms with E-state index >= 15 is 0 Å². The van der Waals surface area contributed by atoms with Gasteiger partial charge in [0.05, 0.1) is 12.5 Å². The molecule has 0 aromatic heterocycles. The number of nitrogens with zero attached hydrogens (tertiary/aromatic N) is 1. The maximum absolute atomic E-state index is 12.3. The van der Waals surface area contributed by atoms with Crippen molar-refractivity contribution in [3.8, 4) is 5.75 Å². The molecule has 1 heterocycles. The van der Waals surface area contributed by atoms with Crippen molar-refractivity contribution >= 4 is 11.8 Å². The molecule has 25 heavy (non-hydrogen) atoms. The number of carbonyl (C=O) groups excluding carboxylic acids is 2. The first-order chi connectivity index (χ1) is 12.1. The Kier molecular flexibility index (Phi) is 7.76. The van der Waals surface area contributed by atoms with Crippen LogP contribution in [-0.2, 0) is 9.59 Å². The zero-order valence-corrected chi connectivity index (χ0v) is 15.4. The number of likely N-dealkylation sites (tertiary alicyclic amines) is 1. The summed E-state index contributed by atoms with van der Waals surface area (Å²) in [6.07, 6.45) is 3.37. The number of rotatable bonds is 8. The fraction of sp³-hybridized carbons (Fsp3) is 0.600. The van der Waals surface area contributed by atoms with Gasteiger partial charge in [0.25, 0.3) is 0 Å². The Bertz CT molecular complexity index is 547. The van der Waals surface area contributed by atoms with Gasteiger partial charge in [-0.05, 0) is 37.8 Å². The number of nitrogens with one attached hydrogen (secondary N) is 1. The van der Waals surface area contributed by atoms with Crippen LogP contribution in [0.25, 0.3) is 0 Å². The molecule has 1 saturated heterocycles. The van der Waals surface area contributed by atoms with Gasteiger partial charge >= 0.3 is 0 Å². The molecular formula is C20H30N2O3. The van der Waals surface area contributed by atoms with E-state index in [0.717, 1.165) is 38.0 Å². The van der Waals surface area contributed by atoms with Gasteiger partial charge in [-0.2, -0.15) is 0 Å². The zero-order valence-electron chi connectivity index (χ0n) is 15.4. The molecule has 1 aromatic rings. The van der Waals surface area contributed by atoms with Gasteiger partial charge in [-0.15, -0.1) is 0 Å². The molecule has 0 radical (unpaired) electrons. The Hall–Kier alpha value is -2.04. The van der Waals surface area contributed by atoms with Gasteiger partial charge in [0, 0.05) is 25.6 Å². The predicted octanol–water partition coefficient (Wildman–Crippen LogP) is 2.86. The summed E-state index contributed by atoms with van der Waals surface area (Å²) >= 11 is 0. The first kappa shape index (κ1) is 19.3. The van der Waals surface area contributed by atoms with E-state index in [-0.39, 0.29) is 23.7 Å². The molecule has 2 rings (SSSR count). The highest BCUT2D eigenvalue weighted by Gasteiger charge is 2.29. The van der Waals surface area contributed by atoms with E-state index in [1.807, 2.05) is 49.1 Å². The summed E-state index contributed by atoms with van der Waals surface area (Å²) in [5, 5.41) is 2.98. The number of hydrogen-bond acceptors (Lipinski definition) is 3. The largest absolute Gasteiger partial charge is 0.494 e. The van der Waals surface area contributed by atoms with Crippen LogP contribution in [0.5, 0.6) is 5.75 Å². The van der Waals surface area contributed by atoms with Crippen molar-refractivity contribution in [1.82, 2.24) is 10.2 Å². The van der Waals surface area contributed by atoms with E-state index < -0.39 is 0 Å². The van der Waals surface area contributed by atoms with Gasteiger partial charge in [0.15, 0.2) is 0 Å². The van der Waals surface area contributed by atoms with Gasteiger partial charge < -0.3 is 15.0 Å². The van der Waals surface area contributed by atoms with Gasteiger partial charge in [-0.25, -0.2) is 0 Å². The molecule has 2 atom stereocenters. The summed E-state index contributed by atoms with van der Waals surface area (Å²) in [4.78, 5) is 26.5. The van der Waals surface area contributed by atoms with Crippen LogP contribution >= 0.6 is 0 Å². The van der Waals surface area contributed by atoms with Gasteiger partial charge in [-0.1, -0.05) is 32.0 Å². The van der Waals surface area contributed by atoms with Crippen molar-refractivity contribution in [1.29, 1.82) is 0 Å². The van der Waals surface area contributed by atoms with Crippen molar-refractivity contribution in [2.75, 3.05) is 26.2 Å². The van der Waals surface area contributed by atoms with Crippen LogP contribution < -0.4 is 10.1 Å². The summed E-state index contributed by atoms with van der Waals surface area (Å²) in [5.74, 6) is 1.03. The topological polar surface area (TPSA) is 58.6 Å². The highest BCUT2D eigenvalue weighted by atomic mass is 16.5. The van der Waals surface area contributed by atoms with Crippen LogP contribution in [0.2, 0.25) is 0 Å². The molecule has 1 N–H and O–H groups in total. The van der Waals surface area contributed by atoms with Crippen LogP contribution in [0.4, 0.5) is 0 Å². The SMILES string of the molecule is CCC(C)C(=O)N1CCCC(C(=O)NCCCOc2ccccc2)C1. The fourth-order valence-corrected chi connectivity index (χ4v) is 3.01. The molecule has 138 valence electrons. The maximum atomic E-state index is 12.3. The highest BCUT2D eigenvalue weighted by Crippen LogP contribution is 2.19. The van der Waals surface area contributed by atoms with Gasteiger partial charge in [0.1, 0.15) is 5.75 Å². The molecule has 0 saturated carbocycles. The summed E-state index contributed by atoms with van der Waals surface area (Å²) in [5.41, 5.74) is 0. The lowest BCUT2D eigenvalue weighted by Crippen LogP contribution is -2.47. The Balaban J connectivity index is 1.67. The van der Waals surface area contributed by atoms with Crippen molar-refractivity contribution < 1.29 is 14.3 Å². The summed E-state index contributed by atoms with van der Waals surface area (Å²) in [6, 6.07) is 9.67. The highest BCUT2D eigenvalue weighted by molar-refractivity contribution is 5.82. The van der Waals surface area contributed by atoms with Gasteiger partial charge in [-0.3, -0.25) is 9.59 Å². The molecule has 5 nitrogen and oxygen atoms in total. The van der Waals surface area contributed by atoms with Gasteiger partial charge in [0.2, 0.25) is 11.8 Å². The van der Waals surface area contributed by atoms with Crippen molar-refractivity contribution in [3.05, 3.63) is 30.3 Å². The quantitative estimate of drug-likeness (QED) is 0.737. The van der Waals surface area contributed by atoms with E-state index in [4.69, 9.17) is 4.74 Å². The smallest absolute Gasteiger partial charge is 0.225 e. The molecule has 1 fully saturated rings. The Morgan fingerprint density at radius 2 is 2.08 bits per heavy atom. The predicted molar refractivity (Wildman–Crippen MR) is 98.3 cm³/mol. The number of amides is 2. The van der Waals surface area contributed by atoms with Crippen LogP contribution in [0, 0.1) is 11.8 Å². The van der Waals surface area contributed by atoms with Crippen LogP contribution in [0.3, 0.4) is 0 Å². The molecule has 0 bridgehead atoms. The summed E-state index contributed by atoms with van der Waals surface area (Å²) < 4.78 is 5.62. The van der Waals surface area contributed by atoms with E-state index in [1.165, 1.54) is 0 Å². The minimum Gasteiger partial charge on any atom is -0.494 e. The molecule has 2 amide bonds. The average Bonchev–Trinajstić information content (AvgIpc) is 2.67. The third-order valence-corrected chi connectivity index (χ3v) is 4.77. The Labute approximate surface area is 150 Å². The monoisotopic (exact) mass is 346 g/mol. The normalized spacial score (nSPS) is 18.5. The van der Waals surface area contributed by atoms with Crippen molar-refractivity contribution in [2.45, 2.75) is 39.5 Å². The number of hydrogen-bond donors (Lipinski definition) is 1. The average molecular weight is 346 g/mol. The number of ether oxygens (including phenoxy) is 1. The number of piperidine rings is 1. The Morgan fingerprint density at radius 3 is 2.80 bits per heavy atom. The van der Waals surface area contributed by atoms with E-state index in [2.05, 4.69) is 5.32 Å². The molecule has 1 aromatic carbocycles. The second-order valence-electron chi connectivity index (χ2n) is 6.74. The second-order valence-corrected chi connectivity index (χ2v) is 6.74. The molecule has 0 spiro atoms. The number of para-hydroxylation sites is 1. The second kappa shape index (κ2) is 10.1. The molecule has 1 aliphatic heterocycles. The Morgan fingerprint density at radius 1 is 1.32 bits per heavy atom. The van der Waals surface area contributed by atoms with E-state index in [9.17, 15) is 9.59 Å². The van der Waals surface area contributed by atoms with Crippen LogP contribution in [0.1, 0.15) is 39.5 Å². The minimum absolute atomic E-state index is 0.0388. The first-order valence-electron chi connectivity index (χ1n) is 9.36. The lowest BCUT2D eigenvalue weighted by atomic mass is 9.95. The van der Waals surface area contributed by atoms with Crippen molar-refractivity contribution in [2.24, 2.45) is 11.8 Å². The lowest BCUT2D eigenvalue weighted by Gasteiger charge is -2.33. The first-order valence-corrected chi connectivity index (χ1v) is 9.36.